The van der Waals surface area contributed by atoms with Crippen molar-refractivity contribution >= 4 is 30.2 Å². The van der Waals surface area contributed by atoms with Crippen molar-refractivity contribution in [3.05, 3.63) is 35.4 Å². The van der Waals surface area contributed by atoms with Gasteiger partial charge in [0.15, 0.2) is 0 Å². The quantitative estimate of drug-likeness (QED) is 0.200. The van der Waals surface area contributed by atoms with Gasteiger partial charge in [0.1, 0.15) is 0 Å². The molecule has 0 heterocycles. The fraction of sp³-hybridized carbons (Fsp3) is 0.679. The van der Waals surface area contributed by atoms with E-state index in [1.165, 1.54) is 44.8 Å². The van der Waals surface area contributed by atoms with Gasteiger partial charge >= 0.3 is 5.97 Å². The molecule has 0 aromatic heterocycles. The van der Waals surface area contributed by atoms with Crippen molar-refractivity contribution in [1.29, 1.82) is 0 Å². The number of carbonyl (C=O) groups is 3. The Labute approximate surface area is 224 Å². The van der Waals surface area contributed by atoms with Crippen LogP contribution in [0.1, 0.15) is 95.6 Å². The number of rotatable bonds is 19. The molecule has 206 valence electrons. The van der Waals surface area contributed by atoms with Gasteiger partial charge in [-0.1, -0.05) is 70.2 Å². The summed E-state index contributed by atoms with van der Waals surface area (Å²) in [5, 5.41) is 0. The van der Waals surface area contributed by atoms with Gasteiger partial charge in [0.2, 0.25) is 11.8 Å². The summed E-state index contributed by atoms with van der Waals surface area (Å²) < 4.78 is 4.66. The zero-order chi connectivity index (χ0) is 26.1. The van der Waals surface area contributed by atoms with Crippen molar-refractivity contribution in [2.45, 2.75) is 109 Å². The lowest BCUT2D eigenvalue weighted by Crippen LogP contribution is -2.51. The number of primary amides is 1. The molecule has 1 rings (SSSR count). The first kappa shape index (κ1) is 33.9. The number of benzene rings is 1. The van der Waals surface area contributed by atoms with E-state index in [4.69, 9.17) is 11.5 Å². The lowest BCUT2D eigenvalue weighted by Gasteiger charge is -2.33. The lowest BCUT2D eigenvalue weighted by molar-refractivity contribution is -0.141. The fourth-order valence-electron chi connectivity index (χ4n) is 4.28. The van der Waals surface area contributed by atoms with E-state index in [9.17, 15) is 14.4 Å². The smallest absolute Gasteiger partial charge is 0.305 e. The van der Waals surface area contributed by atoms with Crippen LogP contribution in [0.15, 0.2) is 24.3 Å². The van der Waals surface area contributed by atoms with Crippen molar-refractivity contribution < 1.29 is 19.1 Å². The Morgan fingerprint density at radius 1 is 0.917 bits per heavy atom. The molecule has 7 nitrogen and oxygen atoms in total. The highest BCUT2D eigenvalue weighted by atomic mass is 35.5. The van der Waals surface area contributed by atoms with Crippen LogP contribution in [-0.2, 0) is 32.0 Å². The maximum absolute atomic E-state index is 13.3. The number of aryl methyl sites for hydroxylation is 1. The number of halogens is 1. The van der Waals surface area contributed by atoms with Crippen LogP contribution in [0.25, 0.3) is 0 Å². The molecule has 0 aliphatic heterocycles. The molecule has 2 atom stereocenters. The fourth-order valence-corrected chi connectivity index (χ4v) is 4.28. The van der Waals surface area contributed by atoms with Crippen LogP contribution in [0, 0.1) is 0 Å². The van der Waals surface area contributed by atoms with Gasteiger partial charge in [-0.25, -0.2) is 0 Å². The monoisotopic (exact) mass is 525 g/mol. The van der Waals surface area contributed by atoms with Crippen LogP contribution < -0.4 is 11.5 Å². The molecule has 0 radical (unpaired) electrons. The minimum atomic E-state index is -0.734. The molecule has 0 aliphatic rings. The minimum Gasteiger partial charge on any atom is -0.469 e. The van der Waals surface area contributed by atoms with Crippen molar-refractivity contribution in [2.75, 3.05) is 13.7 Å². The van der Waals surface area contributed by atoms with E-state index < -0.39 is 11.9 Å². The van der Waals surface area contributed by atoms with Gasteiger partial charge in [0, 0.05) is 25.4 Å². The molecule has 0 fully saturated rings. The molecular formula is C28H48ClN3O4. The lowest BCUT2D eigenvalue weighted by atomic mass is 9.97. The van der Waals surface area contributed by atoms with Gasteiger partial charge in [-0.3, -0.25) is 14.4 Å². The summed E-state index contributed by atoms with van der Waals surface area (Å²) >= 11 is 0. The second-order valence-corrected chi connectivity index (χ2v) is 9.47. The van der Waals surface area contributed by atoms with Crippen molar-refractivity contribution in [2.24, 2.45) is 11.5 Å². The summed E-state index contributed by atoms with van der Waals surface area (Å²) in [5.74, 6) is -0.950. The number of amides is 2. The van der Waals surface area contributed by atoms with Gasteiger partial charge in [-0.2, -0.15) is 0 Å². The summed E-state index contributed by atoms with van der Waals surface area (Å²) in [6.45, 7) is 4.80. The summed E-state index contributed by atoms with van der Waals surface area (Å²) in [4.78, 5) is 38.3. The minimum absolute atomic E-state index is 0. The highest BCUT2D eigenvalue weighted by Gasteiger charge is 2.28. The molecule has 36 heavy (non-hydrogen) atoms. The number of unbranched alkanes of at least 4 members (excludes halogenated alkanes) is 5. The summed E-state index contributed by atoms with van der Waals surface area (Å²) in [6, 6.07) is 7.39. The van der Waals surface area contributed by atoms with Crippen LogP contribution in [0.5, 0.6) is 0 Å². The average Bonchev–Trinajstić information content (AvgIpc) is 2.84. The first-order valence-electron chi connectivity index (χ1n) is 13.3. The molecule has 2 amide bonds. The Bertz CT molecular complexity index is 758. The maximum atomic E-state index is 13.3. The van der Waals surface area contributed by atoms with E-state index in [-0.39, 0.29) is 43.2 Å². The maximum Gasteiger partial charge on any atom is 0.305 e. The Morgan fingerprint density at radius 2 is 1.53 bits per heavy atom. The number of nitrogens with two attached hydrogens (primary N) is 2. The molecule has 8 heteroatoms. The number of carbonyl (C=O) groups excluding carboxylic acids is 3. The standard InChI is InChI=1S/C28H47N3O4.ClH/c1-4-6-8-9-10-12-22-15-17-23(18-16-22)20-24(21-26(30)32)31(19-7-5-2)28(34)25(29)13-11-14-27(33)35-3;/h15-18,24-25H,4-14,19-21,29H2,1-3H3,(H2,30,32);1H/t24-,25-;/m0./s1. The molecule has 0 spiro atoms. The molecule has 4 N–H and O–H groups in total. The van der Waals surface area contributed by atoms with Gasteiger partial charge in [-0.05, 0) is 49.7 Å². The Balaban J connectivity index is 0.0000122. The first-order chi connectivity index (χ1) is 16.8. The van der Waals surface area contributed by atoms with Crippen LogP contribution in [0.3, 0.4) is 0 Å². The molecular weight excluding hydrogens is 478 g/mol. The van der Waals surface area contributed by atoms with Crippen LogP contribution in [0.4, 0.5) is 0 Å². The number of methoxy groups -OCH3 is 1. The normalized spacial score (nSPS) is 12.3. The number of nitrogens with zero attached hydrogens (tertiary/aromatic N) is 1. The molecule has 0 aliphatic carbocycles. The van der Waals surface area contributed by atoms with Gasteiger partial charge in [0.05, 0.1) is 13.2 Å². The number of ether oxygens (including phenoxy) is 1. The zero-order valence-corrected chi connectivity index (χ0v) is 23.3. The molecule has 0 saturated carbocycles. The topological polar surface area (TPSA) is 116 Å². The Kier molecular flexibility index (Phi) is 18.8. The third kappa shape index (κ3) is 13.8. The van der Waals surface area contributed by atoms with Crippen molar-refractivity contribution in [3.8, 4) is 0 Å². The highest BCUT2D eigenvalue weighted by Crippen LogP contribution is 2.18. The van der Waals surface area contributed by atoms with E-state index in [2.05, 4.69) is 42.8 Å². The molecule has 0 bridgehead atoms. The molecule has 1 aromatic rings. The van der Waals surface area contributed by atoms with E-state index in [0.29, 0.717) is 25.8 Å². The van der Waals surface area contributed by atoms with E-state index >= 15 is 0 Å². The predicted molar refractivity (Wildman–Crippen MR) is 148 cm³/mol. The largest absolute Gasteiger partial charge is 0.469 e. The van der Waals surface area contributed by atoms with E-state index in [1.54, 1.807) is 4.90 Å². The summed E-state index contributed by atoms with van der Waals surface area (Å²) in [7, 11) is 1.34. The molecule has 0 saturated heterocycles. The number of esters is 1. The van der Waals surface area contributed by atoms with Crippen LogP contribution in [0.2, 0.25) is 0 Å². The van der Waals surface area contributed by atoms with Gasteiger partial charge in [0.25, 0.3) is 0 Å². The SMILES string of the molecule is CCCCCCCc1ccc(C[C@@H](CC(N)=O)N(CCCC)C(=O)[C@@H](N)CCCC(=O)OC)cc1.Cl. The van der Waals surface area contributed by atoms with Crippen molar-refractivity contribution in [1.82, 2.24) is 4.90 Å². The summed E-state index contributed by atoms with van der Waals surface area (Å²) in [6.07, 6.45) is 10.8. The number of hydrogen-bond donors (Lipinski definition) is 2. The Morgan fingerprint density at radius 3 is 2.11 bits per heavy atom. The third-order valence-electron chi connectivity index (χ3n) is 6.42. The highest BCUT2D eigenvalue weighted by molar-refractivity contribution is 5.85. The Hall–Kier alpha value is -2.12. The van der Waals surface area contributed by atoms with Gasteiger partial charge in [-0.15, -0.1) is 12.4 Å². The average molecular weight is 526 g/mol. The van der Waals surface area contributed by atoms with Gasteiger partial charge < -0.3 is 21.1 Å². The third-order valence-corrected chi connectivity index (χ3v) is 6.42. The first-order valence-corrected chi connectivity index (χ1v) is 13.3. The van der Waals surface area contributed by atoms with Crippen LogP contribution in [-0.4, -0.2) is 48.4 Å². The second-order valence-electron chi connectivity index (χ2n) is 9.47. The molecule has 0 unspecified atom stereocenters. The van der Waals surface area contributed by atoms with Crippen molar-refractivity contribution in [3.63, 3.8) is 0 Å². The van der Waals surface area contributed by atoms with E-state index in [0.717, 1.165) is 24.8 Å². The van der Waals surface area contributed by atoms with Crippen LogP contribution >= 0.6 is 12.4 Å². The second kappa shape index (κ2) is 20.0. The predicted octanol–water partition coefficient (Wildman–Crippen LogP) is 4.71. The zero-order valence-electron chi connectivity index (χ0n) is 22.5. The van der Waals surface area contributed by atoms with E-state index in [1.807, 2.05) is 0 Å². The molecule has 1 aromatic carbocycles. The number of hydrogen-bond acceptors (Lipinski definition) is 5. The summed E-state index contributed by atoms with van der Waals surface area (Å²) in [5.41, 5.74) is 14.2.